The van der Waals surface area contributed by atoms with Crippen LogP contribution >= 0.6 is 0 Å². The summed E-state index contributed by atoms with van der Waals surface area (Å²) in [5, 5.41) is 9.52. The standard InChI is InChI=1S/C27H24N8O/c1-34(16-14-22-7-5-6-15-28-22)27(36)21-12-10-20(11-13-21)17-31-33-25-24-18-32-35(26(24)30-19-29-25)23-8-3-2-4-9-23/h2-13,15,17-19H,14,16H2,1H3,(H,29,30,33)/b31-17+. The topological polar surface area (TPSA) is 101 Å². The average molecular weight is 477 g/mol. The van der Waals surface area contributed by atoms with E-state index in [1.807, 2.05) is 60.7 Å². The minimum absolute atomic E-state index is 0.0358. The highest BCUT2D eigenvalue weighted by atomic mass is 16.2. The fraction of sp³-hybridized carbons (Fsp3) is 0.111. The van der Waals surface area contributed by atoms with Crippen LogP contribution in [0.1, 0.15) is 21.6 Å². The average Bonchev–Trinajstić information content (AvgIpc) is 3.38. The van der Waals surface area contributed by atoms with E-state index in [4.69, 9.17) is 0 Å². The van der Waals surface area contributed by atoms with Crippen LogP contribution < -0.4 is 5.43 Å². The van der Waals surface area contributed by atoms with Gasteiger partial charge < -0.3 is 4.90 Å². The maximum Gasteiger partial charge on any atom is 0.253 e. The van der Waals surface area contributed by atoms with E-state index in [1.165, 1.54) is 6.33 Å². The van der Waals surface area contributed by atoms with E-state index in [1.54, 1.807) is 47.4 Å². The number of anilines is 1. The first kappa shape index (κ1) is 22.9. The molecule has 178 valence electrons. The van der Waals surface area contributed by atoms with E-state index >= 15 is 0 Å². The molecule has 2 aromatic carbocycles. The zero-order valence-corrected chi connectivity index (χ0v) is 19.7. The van der Waals surface area contributed by atoms with Gasteiger partial charge in [0, 0.05) is 37.5 Å². The molecule has 0 atom stereocenters. The molecule has 3 heterocycles. The lowest BCUT2D eigenvalue weighted by Crippen LogP contribution is -2.29. The highest BCUT2D eigenvalue weighted by molar-refractivity contribution is 5.95. The van der Waals surface area contributed by atoms with Gasteiger partial charge in [-0.1, -0.05) is 36.4 Å². The number of hydrogen-bond acceptors (Lipinski definition) is 7. The minimum Gasteiger partial charge on any atom is -0.341 e. The smallest absolute Gasteiger partial charge is 0.253 e. The van der Waals surface area contributed by atoms with Gasteiger partial charge in [0.15, 0.2) is 11.5 Å². The summed E-state index contributed by atoms with van der Waals surface area (Å²) in [5.41, 5.74) is 7.00. The summed E-state index contributed by atoms with van der Waals surface area (Å²) in [6, 6.07) is 22.9. The number of nitrogens with one attached hydrogen (secondary N) is 1. The van der Waals surface area contributed by atoms with Gasteiger partial charge in [0.25, 0.3) is 5.91 Å². The molecular weight excluding hydrogens is 452 g/mol. The van der Waals surface area contributed by atoms with Gasteiger partial charge >= 0.3 is 0 Å². The van der Waals surface area contributed by atoms with Gasteiger partial charge in [0.2, 0.25) is 0 Å². The maximum absolute atomic E-state index is 12.7. The van der Waals surface area contributed by atoms with Gasteiger partial charge in [0.1, 0.15) is 6.33 Å². The molecule has 0 spiro atoms. The third-order valence-electron chi connectivity index (χ3n) is 5.68. The molecule has 36 heavy (non-hydrogen) atoms. The van der Waals surface area contributed by atoms with Crippen LogP contribution in [0.5, 0.6) is 0 Å². The van der Waals surface area contributed by atoms with E-state index < -0.39 is 0 Å². The lowest BCUT2D eigenvalue weighted by atomic mass is 10.1. The monoisotopic (exact) mass is 476 g/mol. The fourth-order valence-corrected chi connectivity index (χ4v) is 3.72. The first-order valence-electron chi connectivity index (χ1n) is 11.5. The first-order valence-corrected chi connectivity index (χ1v) is 11.5. The fourth-order valence-electron chi connectivity index (χ4n) is 3.72. The van der Waals surface area contributed by atoms with Crippen molar-refractivity contribution in [2.45, 2.75) is 6.42 Å². The van der Waals surface area contributed by atoms with Crippen molar-refractivity contribution in [3.05, 3.63) is 108 Å². The zero-order chi connectivity index (χ0) is 24.7. The largest absolute Gasteiger partial charge is 0.341 e. The molecule has 0 saturated heterocycles. The number of likely N-dealkylation sites (N-methyl/N-ethyl adjacent to an activating group) is 1. The summed E-state index contributed by atoms with van der Waals surface area (Å²) in [6.07, 6.45) is 7.34. The number of para-hydroxylation sites is 1. The lowest BCUT2D eigenvalue weighted by molar-refractivity contribution is 0.0796. The molecule has 5 rings (SSSR count). The van der Waals surface area contributed by atoms with Gasteiger partial charge in [-0.05, 0) is 42.0 Å². The van der Waals surface area contributed by atoms with Crippen LogP contribution in [0.3, 0.4) is 0 Å². The summed E-state index contributed by atoms with van der Waals surface area (Å²) < 4.78 is 1.76. The van der Waals surface area contributed by atoms with Gasteiger partial charge in [-0.3, -0.25) is 15.2 Å². The van der Waals surface area contributed by atoms with E-state index in [-0.39, 0.29) is 5.91 Å². The van der Waals surface area contributed by atoms with Crippen LogP contribution in [0.25, 0.3) is 16.7 Å². The predicted octanol–water partition coefficient (Wildman–Crippen LogP) is 3.97. The number of amides is 1. The third kappa shape index (κ3) is 5.10. The summed E-state index contributed by atoms with van der Waals surface area (Å²) in [6.45, 7) is 0.594. The molecule has 0 unspecified atom stereocenters. The summed E-state index contributed by atoms with van der Waals surface area (Å²) >= 11 is 0. The molecule has 0 aliphatic carbocycles. The number of aromatic nitrogens is 5. The summed E-state index contributed by atoms with van der Waals surface area (Å²) in [5.74, 6) is 0.520. The van der Waals surface area contributed by atoms with Gasteiger partial charge in [-0.15, -0.1) is 0 Å². The van der Waals surface area contributed by atoms with Crippen molar-refractivity contribution < 1.29 is 4.79 Å². The Labute approximate surface area is 208 Å². The number of hydrogen-bond donors (Lipinski definition) is 1. The molecule has 0 aliphatic heterocycles. The summed E-state index contributed by atoms with van der Waals surface area (Å²) in [7, 11) is 1.80. The van der Waals surface area contributed by atoms with Crippen LogP contribution in [0.15, 0.2) is 96.6 Å². The number of carbonyl (C=O) groups excluding carboxylic acids is 1. The molecule has 0 bridgehead atoms. The third-order valence-corrected chi connectivity index (χ3v) is 5.68. The Bertz CT molecular complexity index is 1480. The number of rotatable bonds is 8. The highest BCUT2D eigenvalue weighted by Crippen LogP contribution is 2.21. The first-order chi connectivity index (χ1) is 17.7. The molecule has 0 aliphatic rings. The van der Waals surface area contributed by atoms with Crippen LogP contribution in [-0.4, -0.2) is 55.3 Å². The van der Waals surface area contributed by atoms with E-state index in [0.717, 1.165) is 22.3 Å². The number of benzene rings is 2. The van der Waals surface area contributed by atoms with Gasteiger partial charge in [-0.25, -0.2) is 14.6 Å². The Balaban J connectivity index is 1.22. The number of nitrogens with zero attached hydrogens (tertiary/aromatic N) is 7. The lowest BCUT2D eigenvalue weighted by Gasteiger charge is -2.17. The molecule has 1 N–H and O–H groups in total. The van der Waals surface area contributed by atoms with E-state index in [2.05, 4.69) is 30.6 Å². The quantitative estimate of drug-likeness (QED) is 0.269. The van der Waals surface area contributed by atoms with Crippen LogP contribution in [0.4, 0.5) is 5.82 Å². The number of fused-ring (bicyclic) bond motifs is 1. The molecule has 0 saturated carbocycles. The highest BCUT2D eigenvalue weighted by Gasteiger charge is 2.12. The van der Waals surface area contributed by atoms with Crippen molar-refractivity contribution in [2.24, 2.45) is 5.10 Å². The number of pyridine rings is 1. The molecular formula is C27H24N8O. The second-order valence-electron chi connectivity index (χ2n) is 8.14. The van der Waals surface area contributed by atoms with Crippen molar-refractivity contribution in [1.82, 2.24) is 29.6 Å². The van der Waals surface area contributed by atoms with Gasteiger partial charge in [0.05, 0.1) is 23.5 Å². The van der Waals surface area contributed by atoms with Crippen molar-refractivity contribution in [2.75, 3.05) is 19.0 Å². The molecule has 0 fully saturated rings. The second-order valence-corrected chi connectivity index (χ2v) is 8.14. The predicted molar refractivity (Wildman–Crippen MR) is 139 cm³/mol. The molecule has 5 aromatic rings. The molecule has 9 nitrogen and oxygen atoms in total. The van der Waals surface area contributed by atoms with Crippen molar-refractivity contribution >= 4 is 29.0 Å². The van der Waals surface area contributed by atoms with Crippen molar-refractivity contribution in [3.63, 3.8) is 0 Å². The SMILES string of the molecule is CN(CCc1ccccn1)C(=O)c1ccc(/C=N/Nc2ncnc3c2cnn3-c2ccccc2)cc1. The van der Waals surface area contributed by atoms with E-state index in [9.17, 15) is 4.79 Å². The molecule has 9 heteroatoms. The normalized spacial score (nSPS) is 11.1. The van der Waals surface area contributed by atoms with Crippen LogP contribution in [0.2, 0.25) is 0 Å². The Hall–Kier alpha value is -4.92. The van der Waals surface area contributed by atoms with Gasteiger partial charge in [-0.2, -0.15) is 10.2 Å². The van der Waals surface area contributed by atoms with Crippen LogP contribution in [-0.2, 0) is 6.42 Å². The number of hydrazone groups is 1. The number of carbonyl (C=O) groups is 1. The Kier molecular flexibility index (Phi) is 6.70. The molecule has 1 amide bonds. The Morgan fingerprint density at radius 2 is 1.81 bits per heavy atom. The molecule has 0 radical (unpaired) electrons. The molecule has 3 aromatic heterocycles. The van der Waals surface area contributed by atoms with Crippen molar-refractivity contribution in [1.29, 1.82) is 0 Å². The van der Waals surface area contributed by atoms with E-state index in [0.29, 0.717) is 30.0 Å². The Morgan fingerprint density at radius 1 is 1.00 bits per heavy atom. The maximum atomic E-state index is 12.7. The Morgan fingerprint density at radius 3 is 2.58 bits per heavy atom. The van der Waals surface area contributed by atoms with Crippen molar-refractivity contribution in [3.8, 4) is 5.69 Å². The van der Waals surface area contributed by atoms with Crippen LogP contribution in [0, 0.1) is 0 Å². The summed E-state index contributed by atoms with van der Waals surface area (Å²) in [4.78, 5) is 27.4. The second kappa shape index (κ2) is 10.6. The minimum atomic E-state index is -0.0358. The zero-order valence-electron chi connectivity index (χ0n) is 19.7.